The first-order chi connectivity index (χ1) is 8.34. The Balaban J connectivity index is 2.65. The van der Waals surface area contributed by atoms with Gasteiger partial charge in [0.2, 0.25) is 0 Å². The van der Waals surface area contributed by atoms with E-state index in [0.29, 0.717) is 5.92 Å². The van der Waals surface area contributed by atoms with E-state index in [1.807, 2.05) is 24.3 Å². The lowest BCUT2D eigenvalue weighted by Gasteiger charge is -2.14. The van der Waals surface area contributed by atoms with E-state index in [4.69, 9.17) is 4.74 Å². The summed E-state index contributed by atoms with van der Waals surface area (Å²) in [4.78, 5) is 0. The van der Waals surface area contributed by atoms with Crippen LogP contribution in [-0.2, 0) is 9.84 Å². The van der Waals surface area contributed by atoms with Gasteiger partial charge in [-0.25, -0.2) is 8.42 Å². The van der Waals surface area contributed by atoms with Crippen LogP contribution < -0.4 is 4.74 Å². The van der Waals surface area contributed by atoms with Crippen LogP contribution in [-0.4, -0.2) is 26.0 Å². The number of hydrogen-bond acceptors (Lipinski definition) is 3. The van der Waals surface area contributed by atoms with Crippen molar-refractivity contribution >= 4 is 9.84 Å². The summed E-state index contributed by atoms with van der Waals surface area (Å²) in [6.45, 7) is 7.78. The van der Waals surface area contributed by atoms with Gasteiger partial charge in [-0.05, 0) is 31.4 Å². The van der Waals surface area contributed by atoms with Crippen molar-refractivity contribution in [2.45, 2.75) is 38.9 Å². The van der Waals surface area contributed by atoms with Crippen LogP contribution in [0.2, 0.25) is 0 Å². The standard InChI is InChI=1S/C14H22O3S/c1-11(2)13-7-5-6-8-14(13)17-9-10-18(15,16)12(3)4/h5-8,11-12H,9-10H2,1-4H3. The van der Waals surface area contributed by atoms with Crippen molar-refractivity contribution in [2.75, 3.05) is 12.4 Å². The Kier molecular flexibility index (Phi) is 5.20. The van der Waals surface area contributed by atoms with E-state index in [-0.39, 0.29) is 17.6 Å². The van der Waals surface area contributed by atoms with E-state index in [1.165, 1.54) is 0 Å². The lowest BCUT2D eigenvalue weighted by Crippen LogP contribution is -2.22. The molecule has 0 spiro atoms. The van der Waals surface area contributed by atoms with Crippen LogP contribution in [0.25, 0.3) is 0 Å². The van der Waals surface area contributed by atoms with E-state index in [2.05, 4.69) is 13.8 Å². The number of sulfone groups is 1. The Morgan fingerprint density at radius 3 is 2.28 bits per heavy atom. The predicted molar refractivity (Wildman–Crippen MR) is 74.9 cm³/mol. The molecule has 0 bridgehead atoms. The SMILES string of the molecule is CC(C)c1ccccc1OCCS(=O)(=O)C(C)C. The van der Waals surface area contributed by atoms with Gasteiger partial charge in [-0.1, -0.05) is 32.0 Å². The van der Waals surface area contributed by atoms with Gasteiger partial charge >= 0.3 is 0 Å². The second-order valence-electron chi connectivity index (χ2n) is 4.96. The third-order valence-electron chi connectivity index (χ3n) is 2.88. The molecule has 0 unspecified atom stereocenters. The summed E-state index contributed by atoms with van der Waals surface area (Å²) in [5, 5.41) is -0.346. The van der Waals surface area contributed by atoms with Crippen LogP contribution in [0.1, 0.15) is 39.2 Å². The van der Waals surface area contributed by atoms with Crippen molar-refractivity contribution < 1.29 is 13.2 Å². The van der Waals surface area contributed by atoms with Crippen LogP contribution >= 0.6 is 0 Å². The van der Waals surface area contributed by atoms with Crippen LogP contribution in [0.3, 0.4) is 0 Å². The van der Waals surface area contributed by atoms with Crippen molar-refractivity contribution in [1.82, 2.24) is 0 Å². The summed E-state index contributed by atoms with van der Waals surface area (Å²) in [6, 6.07) is 7.76. The molecule has 0 aliphatic carbocycles. The largest absolute Gasteiger partial charge is 0.492 e. The molecule has 0 atom stereocenters. The number of rotatable bonds is 6. The molecule has 0 aromatic heterocycles. The summed E-state index contributed by atoms with van der Waals surface area (Å²) in [5.74, 6) is 1.21. The van der Waals surface area contributed by atoms with Crippen LogP contribution in [0.15, 0.2) is 24.3 Å². The summed E-state index contributed by atoms with van der Waals surface area (Å²) in [7, 11) is -3.03. The van der Waals surface area contributed by atoms with Gasteiger partial charge < -0.3 is 4.74 Å². The molecule has 3 nitrogen and oxygen atoms in total. The fourth-order valence-electron chi connectivity index (χ4n) is 1.59. The minimum absolute atomic E-state index is 0.0666. The number of benzene rings is 1. The van der Waals surface area contributed by atoms with Crippen molar-refractivity contribution in [2.24, 2.45) is 0 Å². The lowest BCUT2D eigenvalue weighted by molar-refractivity contribution is 0.335. The Bertz CT molecular complexity index is 476. The molecule has 0 aliphatic heterocycles. The average Bonchev–Trinajstić information content (AvgIpc) is 2.29. The highest BCUT2D eigenvalue weighted by atomic mass is 32.2. The molecule has 0 radical (unpaired) electrons. The van der Waals surface area contributed by atoms with E-state index >= 15 is 0 Å². The molecule has 0 aliphatic rings. The highest BCUT2D eigenvalue weighted by molar-refractivity contribution is 7.91. The first-order valence-corrected chi connectivity index (χ1v) is 7.99. The molecule has 4 heteroatoms. The monoisotopic (exact) mass is 270 g/mol. The Hall–Kier alpha value is -1.03. The molecule has 18 heavy (non-hydrogen) atoms. The fourth-order valence-corrected chi connectivity index (χ4v) is 2.38. The predicted octanol–water partition coefficient (Wildman–Crippen LogP) is 3.01. The summed E-state index contributed by atoms with van der Waals surface area (Å²) >= 11 is 0. The molecule has 0 saturated carbocycles. The number of para-hydroxylation sites is 1. The third-order valence-corrected chi connectivity index (χ3v) is 5.06. The molecule has 0 fully saturated rings. The van der Waals surface area contributed by atoms with E-state index in [9.17, 15) is 8.42 Å². The summed E-state index contributed by atoms with van der Waals surface area (Å²) in [6.07, 6.45) is 0. The Morgan fingerprint density at radius 1 is 1.11 bits per heavy atom. The minimum Gasteiger partial charge on any atom is -0.492 e. The maximum atomic E-state index is 11.7. The van der Waals surface area contributed by atoms with Gasteiger partial charge in [0.25, 0.3) is 0 Å². The molecule has 0 heterocycles. The van der Waals surface area contributed by atoms with Gasteiger partial charge in [0, 0.05) is 0 Å². The average molecular weight is 270 g/mol. The number of ether oxygens (including phenoxy) is 1. The highest BCUT2D eigenvalue weighted by Crippen LogP contribution is 2.25. The third kappa shape index (κ3) is 4.02. The van der Waals surface area contributed by atoms with Crippen LogP contribution in [0.4, 0.5) is 0 Å². The first-order valence-electron chi connectivity index (χ1n) is 6.28. The van der Waals surface area contributed by atoms with Crippen molar-refractivity contribution in [3.05, 3.63) is 29.8 Å². The van der Waals surface area contributed by atoms with Gasteiger partial charge in [0.05, 0.1) is 11.0 Å². The molecule has 0 saturated heterocycles. The molecule has 102 valence electrons. The molecule has 0 N–H and O–H groups in total. The zero-order valence-corrected chi connectivity index (χ0v) is 12.3. The highest BCUT2D eigenvalue weighted by Gasteiger charge is 2.16. The number of hydrogen-bond donors (Lipinski definition) is 0. The second-order valence-corrected chi connectivity index (χ2v) is 7.63. The molecular weight excluding hydrogens is 248 g/mol. The molecule has 0 amide bonds. The van der Waals surface area contributed by atoms with Crippen molar-refractivity contribution in [3.8, 4) is 5.75 Å². The topological polar surface area (TPSA) is 43.4 Å². The van der Waals surface area contributed by atoms with E-state index in [1.54, 1.807) is 13.8 Å². The van der Waals surface area contributed by atoms with E-state index < -0.39 is 9.84 Å². The van der Waals surface area contributed by atoms with Crippen molar-refractivity contribution in [3.63, 3.8) is 0 Å². The Labute approximate surface area is 110 Å². The minimum atomic E-state index is -3.03. The zero-order valence-electron chi connectivity index (χ0n) is 11.5. The van der Waals surface area contributed by atoms with Crippen LogP contribution in [0, 0.1) is 0 Å². The van der Waals surface area contributed by atoms with Gasteiger partial charge in [-0.15, -0.1) is 0 Å². The zero-order chi connectivity index (χ0) is 13.8. The van der Waals surface area contributed by atoms with Crippen molar-refractivity contribution in [1.29, 1.82) is 0 Å². The lowest BCUT2D eigenvalue weighted by atomic mass is 10.0. The smallest absolute Gasteiger partial charge is 0.155 e. The summed E-state index contributed by atoms with van der Waals surface area (Å²) in [5.41, 5.74) is 1.11. The molecule has 1 aromatic rings. The molecule has 1 rings (SSSR count). The molecule has 1 aromatic carbocycles. The van der Waals surface area contributed by atoms with Gasteiger partial charge in [0.15, 0.2) is 9.84 Å². The van der Waals surface area contributed by atoms with Gasteiger partial charge in [0.1, 0.15) is 12.4 Å². The van der Waals surface area contributed by atoms with E-state index in [0.717, 1.165) is 11.3 Å². The van der Waals surface area contributed by atoms with Gasteiger partial charge in [-0.3, -0.25) is 0 Å². The second kappa shape index (κ2) is 6.23. The maximum Gasteiger partial charge on any atom is 0.155 e. The van der Waals surface area contributed by atoms with Crippen LogP contribution in [0.5, 0.6) is 5.75 Å². The summed E-state index contributed by atoms with van der Waals surface area (Å²) < 4.78 is 28.9. The first kappa shape index (κ1) is 15.0. The molecular formula is C14H22O3S. The fraction of sp³-hybridized carbons (Fsp3) is 0.571. The van der Waals surface area contributed by atoms with Gasteiger partial charge in [-0.2, -0.15) is 0 Å². The maximum absolute atomic E-state index is 11.7. The normalized spacial score (nSPS) is 12.1. The Morgan fingerprint density at radius 2 is 1.72 bits per heavy atom. The quantitative estimate of drug-likeness (QED) is 0.798.